The minimum Gasteiger partial charge on any atom is -0.379 e. The molecule has 3 heteroatoms. The average molecular weight is 230 g/mol. The Kier molecular flexibility index (Phi) is 6.53. The maximum atomic E-state index is 5.88. The molecule has 0 spiro atoms. The first-order valence-electron chi connectivity index (χ1n) is 6.22. The van der Waals surface area contributed by atoms with Crippen LogP contribution in [0, 0.1) is 5.92 Å². The Morgan fingerprint density at radius 1 is 1.25 bits per heavy atom. The summed E-state index contributed by atoms with van der Waals surface area (Å²) in [6.45, 7) is 11.7. The quantitative estimate of drug-likeness (QED) is 0.728. The summed E-state index contributed by atoms with van der Waals surface area (Å²) >= 11 is 0. The van der Waals surface area contributed by atoms with Crippen molar-refractivity contribution < 1.29 is 4.74 Å². The van der Waals surface area contributed by atoms with Crippen LogP contribution in [-0.2, 0) is 4.74 Å². The minimum absolute atomic E-state index is 0.102. The predicted molar refractivity (Wildman–Crippen MR) is 70.6 cm³/mol. The lowest BCUT2D eigenvalue weighted by Gasteiger charge is -2.38. The summed E-state index contributed by atoms with van der Waals surface area (Å²) in [5.74, 6) is 0.643. The molecular formula is C13H30N2O. The third kappa shape index (κ3) is 4.81. The molecule has 0 heterocycles. The SMILES string of the molecule is COC(C)(C)CC(CN)N(C)C(C)C(C)C. The van der Waals surface area contributed by atoms with Crippen LogP contribution in [-0.4, -0.2) is 43.3 Å². The molecule has 0 aliphatic heterocycles. The number of hydrogen-bond acceptors (Lipinski definition) is 3. The van der Waals surface area contributed by atoms with E-state index in [0.717, 1.165) is 6.42 Å². The molecule has 2 N–H and O–H groups in total. The maximum absolute atomic E-state index is 5.88. The van der Waals surface area contributed by atoms with Crippen molar-refractivity contribution in [3.63, 3.8) is 0 Å². The van der Waals surface area contributed by atoms with Crippen molar-refractivity contribution in [2.24, 2.45) is 11.7 Å². The van der Waals surface area contributed by atoms with Crippen molar-refractivity contribution in [2.75, 3.05) is 20.7 Å². The molecule has 0 radical (unpaired) electrons. The molecule has 0 aliphatic rings. The van der Waals surface area contributed by atoms with Gasteiger partial charge in [-0.1, -0.05) is 13.8 Å². The molecule has 0 aromatic heterocycles. The van der Waals surface area contributed by atoms with Crippen LogP contribution >= 0.6 is 0 Å². The summed E-state index contributed by atoms with van der Waals surface area (Å²) in [5, 5.41) is 0. The zero-order chi connectivity index (χ0) is 12.9. The molecule has 3 nitrogen and oxygen atoms in total. The molecule has 0 saturated carbocycles. The molecule has 0 aliphatic carbocycles. The second-order valence-electron chi connectivity index (χ2n) is 5.71. The Morgan fingerprint density at radius 3 is 2.06 bits per heavy atom. The van der Waals surface area contributed by atoms with Gasteiger partial charge in [-0.25, -0.2) is 0 Å². The van der Waals surface area contributed by atoms with Gasteiger partial charge in [-0.15, -0.1) is 0 Å². The van der Waals surface area contributed by atoms with Crippen LogP contribution in [0.3, 0.4) is 0 Å². The normalized spacial score (nSPS) is 16.9. The Bertz CT molecular complexity index is 192. The summed E-state index contributed by atoms with van der Waals surface area (Å²) in [4.78, 5) is 2.38. The Balaban J connectivity index is 4.49. The van der Waals surface area contributed by atoms with Gasteiger partial charge in [0.2, 0.25) is 0 Å². The monoisotopic (exact) mass is 230 g/mol. The number of hydrogen-bond donors (Lipinski definition) is 1. The fourth-order valence-corrected chi connectivity index (χ4v) is 1.85. The second kappa shape index (κ2) is 6.58. The van der Waals surface area contributed by atoms with Gasteiger partial charge in [-0.3, -0.25) is 4.90 Å². The number of nitrogens with zero attached hydrogens (tertiary/aromatic N) is 1. The first-order chi connectivity index (χ1) is 7.25. The Labute approximate surface area is 101 Å². The van der Waals surface area contributed by atoms with E-state index < -0.39 is 0 Å². The molecule has 2 atom stereocenters. The average Bonchev–Trinajstić information content (AvgIpc) is 2.23. The minimum atomic E-state index is -0.102. The Morgan fingerprint density at radius 2 is 1.75 bits per heavy atom. The van der Waals surface area contributed by atoms with E-state index in [-0.39, 0.29) is 5.60 Å². The van der Waals surface area contributed by atoms with E-state index in [9.17, 15) is 0 Å². The van der Waals surface area contributed by atoms with E-state index >= 15 is 0 Å². The zero-order valence-electron chi connectivity index (χ0n) is 12.1. The van der Waals surface area contributed by atoms with E-state index in [1.54, 1.807) is 7.11 Å². The lowest BCUT2D eigenvalue weighted by Crippen LogP contribution is -2.48. The highest BCUT2D eigenvalue weighted by atomic mass is 16.5. The van der Waals surface area contributed by atoms with Crippen molar-refractivity contribution >= 4 is 0 Å². The van der Waals surface area contributed by atoms with Crippen LogP contribution in [0.25, 0.3) is 0 Å². The molecule has 98 valence electrons. The first kappa shape index (κ1) is 15.9. The molecule has 0 saturated heterocycles. The van der Waals surface area contributed by atoms with E-state index in [1.165, 1.54) is 0 Å². The second-order valence-corrected chi connectivity index (χ2v) is 5.71. The van der Waals surface area contributed by atoms with Gasteiger partial charge >= 0.3 is 0 Å². The molecule has 0 aromatic carbocycles. The largest absolute Gasteiger partial charge is 0.379 e. The topological polar surface area (TPSA) is 38.5 Å². The zero-order valence-corrected chi connectivity index (χ0v) is 12.1. The van der Waals surface area contributed by atoms with E-state index in [4.69, 9.17) is 10.5 Å². The van der Waals surface area contributed by atoms with Crippen LogP contribution in [0.1, 0.15) is 41.0 Å². The van der Waals surface area contributed by atoms with Crippen molar-refractivity contribution in [1.29, 1.82) is 0 Å². The number of rotatable bonds is 7. The highest BCUT2D eigenvalue weighted by Crippen LogP contribution is 2.21. The van der Waals surface area contributed by atoms with Crippen LogP contribution in [0.2, 0.25) is 0 Å². The standard InChI is InChI=1S/C13H30N2O/c1-10(2)11(3)15(6)12(9-14)8-13(4,5)16-7/h10-12H,8-9,14H2,1-7H3. The molecule has 0 aromatic rings. The van der Waals surface area contributed by atoms with Crippen LogP contribution in [0.4, 0.5) is 0 Å². The van der Waals surface area contributed by atoms with Gasteiger partial charge in [0.25, 0.3) is 0 Å². The smallest absolute Gasteiger partial charge is 0.0638 e. The van der Waals surface area contributed by atoms with Crippen molar-refractivity contribution in [2.45, 2.75) is 58.7 Å². The van der Waals surface area contributed by atoms with Gasteiger partial charge in [0, 0.05) is 25.7 Å². The van der Waals surface area contributed by atoms with E-state index in [2.05, 4.69) is 46.6 Å². The number of likely N-dealkylation sites (N-methyl/N-ethyl adjacent to an activating group) is 1. The van der Waals surface area contributed by atoms with Crippen LogP contribution in [0.15, 0.2) is 0 Å². The highest BCUT2D eigenvalue weighted by molar-refractivity contribution is 4.83. The summed E-state index contributed by atoms with van der Waals surface area (Å²) in [5.41, 5.74) is 5.77. The summed E-state index contributed by atoms with van der Waals surface area (Å²) in [6.07, 6.45) is 0.966. The third-order valence-electron chi connectivity index (χ3n) is 3.74. The fourth-order valence-electron chi connectivity index (χ4n) is 1.85. The summed E-state index contributed by atoms with van der Waals surface area (Å²) in [7, 11) is 3.92. The van der Waals surface area contributed by atoms with Crippen molar-refractivity contribution in [3.8, 4) is 0 Å². The molecule has 16 heavy (non-hydrogen) atoms. The van der Waals surface area contributed by atoms with Crippen molar-refractivity contribution in [3.05, 3.63) is 0 Å². The van der Waals surface area contributed by atoms with Gasteiger partial charge in [0.15, 0.2) is 0 Å². The van der Waals surface area contributed by atoms with Gasteiger partial charge in [0.1, 0.15) is 0 Å². The molecule has 0 amide bonds. The van der Waals surface area contributed by atoms with Gasteiger partial charge in [0.05, 0.1) is 5.60 Å². The van der Waals surface area contributed by atoms with E-state index in [0.29, 0.717) is 24.5 Å². The third-order valence-corrected chi connectivity index (χ3v) is 3.74. The lowest BCUT2D eigenvalue weighted by molar-refractivity contribution is -0.0112. The van der Waals surface area contributed by atoms with E-state index in [1.807, 2.05) is 0 Å². The fraction of sp³-hybridized carbons (Fsp3) is 1.00. The lowest BCUT2D eigenvalue weighted by atomic mass is 9.95. The Hall–Kier alpha value is -0.120. The molecule has 2 unspecified atom stereocenters. The van der Waals surface area contributed by atoms with Gasteiger partial charge < -0.3 is 10.5 Å². The molecule has 0 bridgehead atoms. The molecule has 0 fully saturated rings. The van der Waals surface area contributed by atoms with Crippen LogP contribution in [0.5, 0.6) is 0 Å². The number of ether oxygens (including phenoxy) is 1. The molecular weight excluding hydrogens is 200 g/mol. The molecule has 0 rings (SSSR count). The van der Waals surface area contributed by atoms with Crippen LogP contribution < -0.4 is 5.73 Å². The first-order valence-corrected chi connectivity index (χ1v) is 6.22. The number of methoxy groups -OCH3 is 1. The summed E-state index contributed by atoms with van der Waals surface area (Å²) in [6, 6.07) is 0.925. The highest BCUT2D eigenvalue weighted by Gasteiger charge is 2.27. The summed E-state index contributed by atoms with van der Waals surface area (Å²) < 4.78 is 5.48. The van der Waals surface area contributed by atoms with Gasteiger partial charge in [-0.05, 0) is 40.2 Å². The number of nitrogens with two attached hydrogens (primary N) is 1. The van der Waals surface area contributed by atoms with Gasteiger partial charge in [-0.2, -0.15) is 0 Å². The van der Waals surface area contributed by atoms with Crippen molar-refractivity contribution in [1.82, 2.24) is 4.90 Å². The maximum Gasteiger partial charge on any atom is 0.0638 e. The predicted octanol–water partition coefficient (Wildman–Crippen LogP) is 2.11.